The third-order valence-corrected chi connectivity index (χ3v) is 8.63. The van der Waals surface area contributed by atoms with Crippen LogP contribution >= 0.6 is 0 Å². The van der Waals surface area contributed by atoms with E-state index in [0.717, 1.165) is 43.3 Å². The molecule has 2 aliphatic heterocycles. The number of nitrogens with zero attached hydrogens (tertiary/aromatic N) is 1. The molecule has 4 aliphatic rings. The topological polar surface area (TPSA) is 47.5 Å². The van der Waals surface area contributed by atoms with Crippen LogP contribution in [0.1, 0.15) is 62.5 Å². The molecule has 2 aliphatic carbocycles. The molecule has 0 amide bonds. The monoisotopic (exact) mass is 417 g/mol. The van der Waals surface area contributed by atoms with Gasteiger partial charge in [-0.1, -0.05) is 25.0 Å². The number of phenolic OH excluding ortho intramolecular Hbond substituents is 1. The van der Waals surface area contributed by atoms with Crippen molar-refractivity contribution in [2.45, 2.75) is 69.2 Å². The van der Waals surface area contributed by atoms with E-state index in [1.54, 1.807) is 0 Å². The van der Waals surface area contributed by atoms with E-state index >= 15 is 0 Å². The van der Waals surface area contributed by atoms with Crippen LogP contribution in [0.4, 0.5) is 17.1 Å². The van der Waals surface area contributed by atoms with Gasteiger partial charge in [-0.15, -0.1) is 0 Å². The van der Waals surface area contributed by atoms with Gasteiger partial charge in [0.1, 0.15) is 5.75 Å². The summed E-state index contributed by atoms with van der Waals surface area (Å²) in [5, 5.41) is 18.6. The Hall–Kier alpha value is -2.20. The summed E-state index contributed by atoms with van der Waals surface area (Å²) in [4.78, 5) is 2.49. The van der Waals surface area contributed by atoms with Gasteiger partial charge in [0.2, 0.25) is 0 Å². The fourth-order valence-electron chi connectivity index (χ4n) is 7.21. The minimum Gasteiger partial charge on any atom is -0.506 e. The van der Waals surface area contributed by atoms with Crippen molar-refractivity contribution < 1.29 is 5.11 Å². The lowest BCUT2D eigenvalue weighted by atomic mass is 9.53. The van der Waals surface area contributed by atoms with Gasteiger partial charge in [-0.25, -0.2) is 0 Å². The maximum atomic E-state index is 11.1. The van der Waals surface area contributed by atoms with E-state index in [1.807, 2.05) is 0 Å². The number of rotatable bonds is 3. The highest BCUT2D eigenvalue weighted by Crippen LogP contribution is 2.55. The van der Waals surface area contributed by atoms with E-state index in [9.17, 15) is 5.11 Å². The molecule has 3 atom stereocenters. The van der Waals surface area contributed by atoms with Crippen LogP contribution in [0.5, 0.6) is 5.75 Å². The van der Waals surface area contributed by atoms with Gasteiger partial charge in [-0.2, -0.15) is 0 Å². The molecule has 3 fully saturated rings. The van der Waals surface area contributed by atoms with E-state index in [1.165, 1.54) is 68.2 Å². The van der Waals surface area contributed by atoms with Crippen LogP contribution in [0.15, 0.2) is 36.4 Å². The van der Waals surface area contributed by atoms with E-state index in [2.05, 4.69) is 51.9 Å². The first-order valence-corrected chi connectivity index (χ1v) is 12.5. The number of aromatic hydroxyl groups is 1. The Balaban J connectivity index is 1.36. The second-order valence-corrected chi connectivity index (χ2v) is 10.2. The molecule has 0 radical (unpaired) electrons. The normalized spacial score (nSPS) is 29.7. The van der Waals surface area contributed by atoms with Crippen molar-refractivity contribution in [1.29, 1.82) is 0 Å². The maximum Gasteiger partial charge on any atom is 0.139 e. The average Bonchev–Trinajstić information content (AvgIpc) is 2.81. The number of hydrogen-bond acceptors (Lipinski definition) is 4. The first-order chi connectivity index (χ1) is 15.2. The molecule has 2 saturated heterocycles. The Morgan fingerprint density at radius 3 is 2.74 bits per heavy atom. The van der Waals surface area contributed by atoms with Crippen molar-refractivity contribution in [3.05, 3.63) is 47.5 Å². The fraction of sp³-hybridized carbons (Fsp3) is 0.556. The van der Waals surface area contributed by atoms with Crippen LogP contribution in [-0.4, -0.2) is 30.8 Å². The summed E-state index contributed by atoms with van der Waals surface area (Å²) in [5.74, 6) is 1.14. The molecule has 0 spiro atoms. The molecule has 2 aromatic carbocycles. The predicted octanol–water partition coefficient (Wildman–Crippen LogP) is 5.47. The van der Waals surface area contributed by atoms with Crippen LogP contribution in [0.25, 0.3) is 0 Å². The van der Waals surface area contributed by atoms with E-state index in [4.69, 9.17) is 0 Å². The summed E-state index contributed by atoms with van der Waals surface area (Å²) in [5.41, 5.74) is 6.37. The number of phenols is 1. The smallest absolute Gasteiger partial charge is 0.139 e. The molecule has 4 heteroatoms. The SMILES string of the molecule is Oc1cc2c(cc1Nc1ccccc1N1CCCCC1)C[C@@H]1NCC[C@]23CCCC[C@H]13. The van der Waals surface area contributed by atoms with Gasteiger partial charge in [0.15, 0.2) is 0 Å². The zero-order valence-corrected chi connectivity index (χ0v) is 18.5. The molecule has 2 aromatic rings. The zero-order chi connectivity index (χ0) is 20.8. The molecule has 164 valence electrons. The van der Waals surface area contributed by atoms with Crippen LogP contribution in [-0.2, 0) is 11.8 Å². The number of anilines is 3. The summed E-state index contributed by atoms with van der Waals surface area (Å²) in [7, 11) is 0. The summed E-state index contributed by atoms with van der Waals surface area (Å²) in [6.07, 6.45) is 11.5. The molecule has 2 bridgehead atoms. The molecule has 4 nitrogen and oxygen atoms in total. The molecular formula is C27H35N3O. The molecule has 0 aromatic heterocycles. The Morgan fingerprint density at radius 1 is 0.968 bits per heavy atom. The standard InChI is InChI=1S/C27H35N3O/c31-26-18-21-19(16-23-20-8-4-5-11-27(20,21)12-13-28-23)17-24(26)29-22-9-2-3-10-25(22)30-14-6-1-7-15-30/h2-3,9-10,17-18,20,23,28-29,31H,1,4-8,11-16H2/t20-,23+,27+/m1/s1. The quantitative estimate of drug-likeness (QED) is 0.580. The van der Waals surface area contributed by atoms with Crippen molar-refractivity contribution in [2.24, 2.45) is 5.92 Å². The highest BCUT2D eigenvalue weighted by molar-refractivity contribution is 5.78. The molecule has 3 N–H and O–H groups in total. The molecule has 0 unspecified atom stereocenters. The average molecular weight is 418 g/mol. The summed E-state index contributed by atoms with van der Waals surface area (Å²) >= 11 is 0. The van der Waals surface area contributed by atoms with Gasteiger partial charge in [0.25, 0.3) is 0 Å². The van der Waals surface area contributed by atoms with Gasteiger partial charge in [0.05, 0.1) is 17.1 Å². The highest BCUT2D eigenvalue weighted by atomic mass is 16.3. The van der Waals surface area contributed by atoms with Gasteiger partial charge >= 0.3 is 0 Å². The Kier molecular flexibility index (Phi) is 4.86. The first kappa shape index (κ1) is 19.5. The van der Waals surface area contributed by atoms with Crippen molar-refractivity contribution >= 4 is 17.1 Å². The molecule has 6 rings (SSSR count). The zero-order valence-electron chi connectivity index (χ0n) is 18.5. The van der Waals surface area contributed by atoms with Crippen molar-refractivity contribution in [2.75, 3.05) is 29.9 Å². The molecular weight excluding hydrogens is 382 g/mol. The Bertz CT molecular complexity index is 963. The maximum absolute atomic E-state index is 11.1. The lowest BCUT2D eigenvalue weighted by molar-refractivity contribution is 0.0796. The second-order valence-electron chi connectivity index (χ2n) is 10.2. The Morgan fingerprint density at radius 2 is 1.84 bits per heavy atom. The van der Waals surface area contributed by atoms with Crippen molar-refractivity contribution in [1.82, 2.24) is 5.32 Å². The van der Waals surface area contributed by atoms with Crippen LogP contribution < -0.4 is 15.5 Å². The summed E-state index contributed by atoms with van der Waals surface area (Å²) < 4.78 is 0. The number of benzene rings is 2. The van der Waals surface area contributed by atoms with E-state index < -0.39 is 0 Å². The Labute approximate surface area is 186 Å². The molecule has 1 saturated carbocycles. The van der Waals surface area contributed by atoms with E-state index in [-0.39, 0.29) is 5.41 Å². The van der Waals surface area contributed by atoms with Gasteiger partial charge < -0.3 is 20.6 Å². The minimum atomic E-state index is 0.281. The van der Waals surface area contributed by atoms with Crippen LogP contribution in [0.3, 0.4) is 0 Å². The summed E-state index contributed by atoms with van der Waals surface area (Å²) in [6, 6.07) is 13.5. The van der Waals surface area contributed by atoms with Gasteiger partial charge in [0, 0.05) is 24.5 Å². The minimum absolute atomic E-state index is 0.281. The second kappa shape index (κ2) is 7.74. The largest absolute Gasteiger partial charge is 0.506 e. The van der Waals surface area contributed by atoms with E-state index in [0.29, 0.717) is 11.8 Å². The predicted molar refractivity (Wildman–Crippen MR) is 128 cm³/mol. The molecule has 2 heterocycles. The van der Waals surface area contributed by atoms with Crippen LogP contribution in [0, 0.1) is 5.92 Å². The van der Waals surface area contributed by atoms with Gasteiger partial charge in [-0.05, 0) is 92.8 Å². The lowest BCUT2D eigenvalue weighted by Crippen LogP contribution is -2.59. The third-order valence-electron chi connectivity index (χ3n) is 8.63. The highest BCUT2D eigenvalue weighted by Gasteiger charge is 2.51. The molecule has 31 heavy (non-hydrogen) atoms. The van der Waals surface area contributed by atoms with Crippen molar-refractivity contribution in [3.8, 4) is 5.75 Å². The van der Waals surface area contributed by atoms with Crippen molar-refractivity contribution in [3.63, 3.8) is 0 Å². The fourth-order valence-corrected chi connectivity index (χ4v) is 7.21. The first-order valence-electron chi connectivity index (χ1n) is 12.5. The number of fused-ring (bicyclic) bond motifs is 1. The van der Waals surface area contributed by atoms with Crippen LogP contribution in [0.2, 0.25) is 0 Å². The third kappa shape index (κ3) is 3.22. The summed E-state index contributed by atoms with van der Waals surface area (Å²) in [6.45, 7) is 3.35. The lowest BCUT2D eigenvalue weighted by Gasteiger charge is -2.56. The van der Waals surface area contributed by atoms with Gasteiger partial charge in [-0.3, -0.25) is 0 Å². The number of hydrogen-bond donors (Lipinski definition) is 3. The number of piperidine rings is 2. The number of para-hydroxylation sites is 2. The number of nitrogens with one attached hydrogen (secondary N) is 2.